The van der Waals surface area contributed by atoms with Crippen LogP contribution in [0, 0.1) is 5.92 Å². The molecule has 2 N–H and O–H groups in total. The molecule has 1 aromatic rings. The van der Waals surface area contributed by atoms with E-state index in [0.29, 0.717) is 13.2 Å². The predicted molar refractivity (Wildman–Crippen MR) is 85.0 cm³/mol. The number of carbonyl (C=O) groups excluding carboxylic acids is 1. The summed E-state index contributed by atoms with van der Waals surface area (Å²) < 4.78 is 5.66. The molecule has 0 saturated carbocycles. The van der Waals surface area contributed by atoms with Crippen LogP contribution < -0.4 is 15.4 Å². The molecular weight excluding hydrogens is 288 g/mol. The SMILES string of the molecule is Cl.O=C(NCC1=CCNCC1)C1COc2ccccc2C1. The molecule has 5 heteroatoms. The van der Waals surface area contributed by atoms with Gasteiger partial charge < -0.3 is 15.4 Å². The molecule has 0 fully saturated rings. The number of nitrogens with one attached hydrogen (secondary N) is 2. The van der Waals surface area contributed by atoms with E-state index in [4.69, 9.17) is 4.74 Å². The zero-order valence-corrected chi connectivity index (χ0v) is 12.7. The number of hydrogen-bond acceptors (Lipinski definition) is 3. The minimum absolute atomic E-state index is 0. The minimum Gasteiger partial charge on any atom is -0.492 e. The minimum atomic E-state index is -0.0767. The zero-order chi connectivity index (χ0) is 13.8. The third kappa shape index (κ3) is 3.99. The largest absolute Gasteiger partial charge is 0.492 e. The second kappa shape index (κ2) is 7.48. The average Bonchev–Trinajstić information content (AvgIpc) is 2.53. The number of fused-ring (bicyclic) bond motifs is 1. The van der Waals surface area contributed by atoms with Crippen molar-refractivity contribution in [1.82, 2.24) is 10.6 Å². The Morgan fingerprint density at radius 1 is 1.38 bits per heavy atom. The molecule has 21 heavy (non-hydrogen) atoms. The van der Waals surface area contributed by atoms with Gasteiger partial charge in [-0.1, -0.05) is 29.8 Å². The number of rotatable bonds is 3. The van der Waals surface area contributed by atoms with Gasteiger partial charge in [0.2, 0.25) is 5.91 Å². The third-order valence-corrected chi connectivity index (χ3v) is 3.90. The van der Waals surface area contributed by atoms with Crippen molar-refractivity contribution >= 4 is 18.3 Å². The molecule has 0 radical (unpaired) electrons. The fourth-order valence-corrected chi connectivity index (χ4v) is 2.67. The fourth-order valence-electron chi connectivity index (χ4n) is 2.67. The Balaban J connectivity index is 0.00000161. The maximum absolute atomic E-state index is 12.2. The molecule has 3 rings (SSSR count). The number of ether oxygens (including phenoxy) is 1. The van der Waals surface area contributed by atoms with E-state index in [1.165, 1.54) is 5.57 Å². The molecule has 1 amide bonds. The van der Waals surface area contributed by atoms with E-state index in [1.807, 2.05) is 24.3 Å². The van der Waals surface area contributed by atoms with Crippen LogP contribution in [-0.2, 0) is 11.2 Å². The molecule has 1 aromatic carbocycles. The first-order valence-corrected chi connectivity index (χ1v) is 7.20. The lowest BCUT2D eigenvalue weighted by molar-refractivity contribution is -0.126. The molecule has 0 saturated heterocycles. The van der Waals surface area contributed by atoms with Crippen LogP contribution in [0.4, 0.5) is 0 Å². The normalized spacial score (nSPS) is 20.4. The molecule has 0 spiro atoms. The highest BCUT2D eigenvalue weighted by Crippen LogP contribution is 2.26. The molecular formula is C16H21ClN2O2. The lowest BCUT2D eigenvalue weighted by atomic mass is 9.96. The van der Waals surface area contributed by atoms with Gasteiger partial charge in [-0.05, 0) is 31.0 Å². The maximum Gasteiger partial charge on any atom is 0.227 e. The van der Waals surface area contributed by atoms with Crippen molar-refractivity contribution in [2.45, 2.75) is 12.8 Å². The summed E-state index contributed by atoms with van der Waals surface area (Å²) in [5, 5.41) is 6.31. The van der Waals surface area contributed by atoms with Crippen LogP contribution in [0.15, 0.2) is 35.9 Å². The Morgan fingerprint density at radius 2 is 2.24 bits per heavy atom. The van der Waals surface area contributed by atoms with Crippen molar-refractivity contribution in [2.75, 3.05) is 26.2 Å². The summed E-state index contributed by atoms with van der Waals surface area (Å²) in [5.74, 6) is 0.934. The Kier molecular flexibility index (Phi) is 5.65. The van der Waals surface area contributed by atoms with Crippen molar-refractivity contribution < 1.29 is 9.53 Å². The number of amides is 1. The van der Waals surface area contributed by atoms with E-state index >= 15 is 0 Å². The fraction of sp³-hybridized carbons (Fsp3) is 0.438. The van der Waals surface area contributed by atoms with Crippen molar-refractivity contribution in [3.05, 3.63) is 41.5 Å². The summed E-state index contributed by atoms with van der Waals surface area (Å²) in [6.07, 6.45) is 3.95. The van der Waals surface area contributed by atoms with Crippen molar-refractivity contribution in [3.63, 3.8) is 0 Å². The average molecular weight is 309 g/mol. The van der Waals surface area contributed by atoms with Gasteiger partial charge in [0.1, 0.15) is 12.4 Å². The van der Waals surface area contributed by atoms with Gasteiger partial charge in [-0.15, -0.1) is 12.4 Å². The Bertz CT molecular complexity index is 531. The van der Waals surface area contributed by atoms with Crippen LogP contribution in [0.3, 0.4) is 0 Å². The highest BCUT2D eigenvalue weighted by Gasteiger charge is 2.25. The monoisotopic (exact) mass is 308 g/mol. The standard InChI is InChI=1S/C16H20N2O2.ClH/c19-16(18-10-12-5-7-17-8-6-12)14-9-13-3-1-2-4-15(13)20-11-14;/h1-5,14,17H,6-11H2,(H,18,19);1H. The number of hydrogen-bond donors (Lipinski definition) is 2. The molecule has 1 unspecified atom stereocenters. The molecule has 2 heterocycles. The van der Waals surface area contributed by atoms with Gasteiger partial charge in [0.05, 0.1) is 5.92 Å². The predicted octanol–water partition coefficient (Wildman–Crippen LogP) is 1.70. The summed E-state index contributed by atoms with van der Waals surface area (Å²) >= 11 is 0. The first-order valence-electron chi connectivity index (χ1n) is 7.20. The molecule has 2 aliphatic heterocycles. The van der Waals surface area contributed by atoms with Gasteiger partial charge in [-0.25, -0.2) is 0 Å². The van der Waals surface area contributed by atoms with Crippen LogP contribution in [0.2, 0.25) is 0 Å². The first-order chi connectivity index (χ1) is 9.83. The lowest BCUT2D eigenvalue weighted by Crippen LogP contribution is -2.38. The molecule has 0 bridgehead atoms. The van der Waals surface area contributed by atoms with Gasteiger partial charge in [-0.3, -0.25) is 4.79 Å². The number of carbonyl (C=O) groups is 1. The van der Waals surface area contributed by atoms with E-state index < -0.39 is 0 Å². The number of benzene rings is 1. The van der Waals surface area contributed by atoms with Gasteiger partial charge in [0.25, 0.3) is 0 Å². The van der Waals surface area contributed by atoms with E-state index in [2.05, 4.69) is 16.7 Å². The summed E-state index contributed by atoms with van der Waals surface area (Å²) in [6.45, 7) is 3.05. The van der Waals surface area contributed by atoms with Gasteiger partial charge >= 0.3 is 0 Å². The smallest absolute Gasteiger partial charge is 0.227 e. The van der Waals surface area contributed by atoms with Crippen molar-refractivity contribution in [3.8, 4) is 5.75 Å². The third-order valence-electron chi connectivity index (χ3n) is 3.90. The molecule has 2 aliphatic rings. The first kappa shape index (κ1) is 15.9. The summed E-state index contributed by atoms with van der Waals surface area (Å²) in [5.41, 5.74) is 2.44. The molecule has 1 atom stereocenters. The highest BCUT2D eigenvalue weighted by atomic mass is 35.5. The molecule has 0 aromatic heterocycles. The second-order valence-corrected chi connectivity index (χ2v) is 5.35. The van der Waals surface area contributed by atoms with E-state index in [9.17, 15) is 4.79 Å². The molecule has 0 aliphatic carbocycles. The van der Waals surface area contributed by atoms with Crippen molar-refractivity contribution in [1.29, 1.82) is 0 Å². The Hall–Kier alpha value is -1.52. The van der Waals surface area contributed by atoms with Gasteiger partial charge in [0.15, 0.2) is 0 Å². The topological polar surface area (TPSA) is 50.4 Å². The Labute approximate surface area is 131 Å². The van der Waals surface area contributed by atoms with Crippen LogP contribution >= 0.6 is 12.4 Å². The summed E-state index contributed by atoms with van der Waals surface area (Å²) in [6, 6.07) is 7.94. The van der Waals surface area contributed by atoms with Crippen LogP contribution in [0.1, 0.15) is 12.0 Å². The summed E-state index contributed by atoms with van der Waals surface area (Å²) in [4.78, 5) is 12.2. The van der Waals surface area contributed by atoms with Crippen molar-refractivity contribution in [2.24, 2.45) is 5.92 Å². The highest BCUT2D eigenvalue weighted by molar-refractivity contribution is 5.85. The van der Waals surface area contributed by atoms with Gasteiger partial charge in [0, 0.05) is 13.1 Å². The molecule has 114 valence electrons. The molecule has 4 nitrogen and oxygen atoms in total. The van der Waals surface area contributed by atoms with E-state index in [0.717, 1.165) is 37.2 Å². The van der Waals surface area contributed by atoms with E-state index in [-0.39, 0.29) is 24.2 Å². The quantitative estimate of drug-likeness (QED) is 0.836. The number of halogens is 1. The van der Waals surface area contributed by atoms with Crippen LogP contribution in [0.25, 0.3) is 0 Å². The lowest BCUT2D eigenvalue weighted by Gasteiger charge is -2.25. The van der Waals surface area contributed by atoms with Gasteiger partial charge in [-0.2, -0.15) is 0 Å². The van der Waals surface area contributed by atoms with Crippen LogP contribution in [0.5, 0.6) is 5.75 Å². The number of para-hydroxylation sites is 1. The second-order valence-electron chi connectivity index (χ2n) is 5.35. The van der Waals surface area contributed by atoms with Crippen LogP contribution in [-0.4, -0.2) is 32.1 Å². The Morgan fingerprint density at radius 3 is 3.05 bits per heavy atom. The van der Waals surface area contributed by atoms with E-state index in [1.54, 1.807) is 0 Å². The zero-order valence-electron chi connectivity index (χ0n) is 11.9. The summed E-state index contributed by atoms with van der Waals surface area (Å²) in [7, 11) is 0. The maximum atomic E-state index is 12.2.